The van der Waals surface area contributed by atoms with E-state index >= 15 is 0 Å². The van der Waals surface area contributed by atoms with Crippen LogP contribution in [-0.2, 0) is 18.4 Å². The van der Waals surface area contributed by atoms with E-state index in [0.717, 1.165) is 38.5 Å². The third-order valence-electron chi connectivity index (χ3n) is 11.5. The standard InChI is InChI=1S/C49H99N2O6P/c1-6-8-10-12-14-16-18-20-22-23-24-25-26-27-29-30-32-34-36-38-40-42-48(52)47(46-57-58(54,55)56-45-44-51(3,4)5)50-49(53)43-41-39-37-35-33-31-28-21-19-17-15-13-11-9-7-2/h17,19,47-48,52H,6-16,18,20-46H2,1-5H3,(H-,50,53,54,55)/b19-17-. The van der Waals surface area contributed by atoms with Crippen LogP contribution >= 0.6 is 7.82 Å². The van der Waals surface area contributed by atoms with E-state index in [1.807, 2.05) is 21.1 Å². The zero-order valence-electron chi connectivity index (χ0n) is 39.3. The van der Waals surface area contributed by atoms with Gasteiger partial charge in [0.05, 0.1) is 39.9 Å². The molecule has 3 unspecified atom stereocenters. The van der Waals surface area contributed by atoms with Gasteiger partial charge in [0.15, 0.2) is 0 Å². The maximum absolute atomic E-state index is 12.9. The Hall–Kier alpha value is -0.760. The second-order valence-corrected chi connectivity index (χ2v) is 19.9. The van der Waals surface area contributed by atoms with E-state index in [1.54, 1.807) is 0 Å². The van der Waals surface area contributed by atoms with Crippen molar-refractivity contribution >= 4 is 13.7 Å². The van der Waals surface area contributed by atoms with Crippen LogP contribution in [0.5, 0.6) is 0 Å². The van der Waals surface area contributed by atoms with E-state index < -0.39 is 20.0 Å². The van der Waals surface area contributed by atoms with E-state index in [-0.39, 0.29) is 19.1 Å². The molecule has 0 aromatic rings. The summed E-state index contributed by atoms with van der Waals surface area (Å²) in [5.41, 5.74) is 0. The maximum atomic E-state index is 12.9. The number of amides is 1. The lowest BCUT2D eigenvalue weighted by atomic mass is 10.0. The number of phosphoric ester groups is 1. The zero-order valence-corrected chi connectivity index (χ0v) is 40.2. The molecule has 0 bridgehead atoms. The van der Waals surface area contributed by atoms with Crippen molar-refractivity contribution < 1.29 is 32.9 Å². The summed E-state index contributed by atoms with van der Waals surface area (Å²) >= 11 is 0. The summed E-state index contributed by atoms with van der Waals surface area (Å²) < 4.78 is 23.3. The van der Waals surface area contributed by atoms with Gasteiger partial charge in [-0.15, -0.1) is 0 Å². The number of rotatable bonds is 46. The highest BCUT2D eigenvalue weighted by Crippen LogP contribution is 2.38. The fourth-order valence-electron chi connectivity index (χ4n) is 7.51. The smallest absolute Gasteiger partial charge is 0.268 e. The SMILES string of the molecule is CCCCCC/C=C\CCCCCCCCCC(=O)NC(COP(=O)([O-])OCC[N+](C)(C)C)C(O)CCCCCCCCCCCCCCCCCCCCCCC. The largest absolute Gasteiger partial charge is 0.756 e. The summed E-state index contributed by atoms with van der Waals surface area (Å²) in [6, 6.07) is -0.799. The summed E-state index contributed by atoms with van der Waals surface area (Å²) in [5.74, 6) is -0.167. The number of carbonyl (C=O) groups excluding carboxylic acids is 1. The average molecular weight is 843 g/mol. The molecule has 9 heteroatoms. The van der Waals surface area contributed by atoms with Gasteiger partial charge in [0, 0.05) is 6.42 Å². The first-order valence-corrected chi connectivity index (χ1v) is 26.5. The number of allylic oxidation sites excluding steroid dienone is 2. The molecule has 0 heterocycles. The maximum Gasteiger partial charge on any atom is 0.268 e. The van der Waals surface area contributed by atoms with Crippen molar-refractivity contribution in [3.63, 3.8) is 0 Å². The quantitative estimate of drug-likeness (QED) is 0.0273. The first kappa shape index (κ1) is 57.2. The van der Waals surface area contributed by atoms with Crippen molar-refractivity contribution in [2.75, 3.05) is 40.9 Å². The molecule has 346 valence electrons. The Labute approximate surface area is 361 Å². The average Bonchev–Trinajstić information content (AvgIpc) is 3.17. The van der Waals surface area contributed by atoms with Crippen LogP contribution in [0.15, 0.2) is 12.2 Å². The molecule has 0 radical (unpaired) electrons. The van der Waals surface area contributed by atoms with Crippen LogP contribution in [0.2, 0.25) is 0 Å². The molecule has 8 nitrogen and oxygen atoms in total. The molecule has 3 atom stereocenters. The highest BCUT2D eigenvalue weighted by atomic mass is 31.2. The van der Waals surface area contributed by atoms with Crippen molar-refractivity contribution in [3.8, 4) is 0 Å². The summed E-state index contributed by atoms with van der Waals surface area (Å²) in [7, 11) is 1.31. The Kier molecular flexibility index (Phi) is 41.0. The number of unbranched alkanes of at least 4 members (excludes halogenated alkanes) is 31. The van der Waals surface area contributed by atoms with E-state index in [1.165, 1.54) is 180 Å². The molecule has 0 aliphatic rings. The lowest BCUT2D eigenvalue weighted by Gasteiger charge is -2.30. The molecule has 0 aromatic heterocycles. The number of aliphatic hydroxyl groups is 1. The van der Waals surface area contributed by atoms with Gasteiger partial charge in [-0.3, -0.25) is 9.36 Å². The Balaban J connectivity index is 4.24. The number of phosphoric acid groups is 1. The van der Waals surface area contributed by atoms with Crippen molar-refractivity contribution in [1.29, 1.82) is 0 Å². The van der Waals surface area contributed by atoms with Gasteiger partial charge in [0.2, 0.25) is 5.91 Å². The third-order valence-corrected chi connectivity index (χ3v) is 12.5. The van der Waals surface area contributed by atoms with Crippen molar-refractivity contribution in [2.45, 2.75) is 257 Å². The third kappa shape index (κ3) is 43.3. The van der Waals surface area contributed by atoms with Gasteiger partial charge in [-0.1, -0.05) is 212 Å². The molecular formula is C49H99N2O6P. The molecular weight excluding hydrogens is 744 g/mol. The number of carbonyl (C=O) groups is 1. The van der Waals surface area contributed by atoms with Crippen LogP contribution in [0.25, 0.3) is 0 Å². The van der Waals surface area contributed by atoms with E-state index in [0.29, 0.717) is 23.9 Å². The number of likely N-dealkylation sites (N-methyl/N-ethyl adjacent to an activating group) is 1. The molecule has 0 aliphatic heterocycles. The highest BCUT2D eigenvalue weighted by Gasteiger charge is 2.24. The summed E-state index contributed by atoms with van der Waals surface area (Å²) in [5, 5.41) is 14.0. The van der Waals surface area contributed by atoms with Gasteiger partial charge in [-0.2, -0.15) is 0 Å². The highest BCUT2D eigenvalue weighted by molar-refractivity contribution is 7.45. The van der Waals surface area contributed by atoms with Crippen LogP contribution in [0.4, 0.5) is 0 Å². The molecule has 2 N–H and O–H groups in total. The number of aliphatic hydroxyl groups excluding tert-OH is 1. The predicted octanol–water partition coefficient (Wildman–Crippen LogP) is 13.7. The van der Waals surface area contributed by atoms with Gasteiger partial charge >= 0.3 is 0 Å². The van der Waals surface area contributed by atoms with Crippen LogP contribution in [-0.4, -0.2) is 68.5 Å². The van der Waals surface area contributed by atoms with Crippen LogP contribution in [0.3, 0.4) is 0 Å². The summed E-state index contributed by atoms with van der Waals surface area (Å²) in [6.45, 7) is 4.73. The summed E-state index contributed by atoms with van der Waals surface area (Å²) in [4.78, 5) is 25.4. The van der Waals surface area contributed by atoms with Crippen LogP contribution < -0.4 is 10.2 Å². The lowest BCUT2D eigenvalue weighted by Crippen LogP contribution is -2.46. The van der Waals surface area contributed by atoms with Gasteiger partial charge < -0.3 is 28.8 Å². The molecule has 0 saturated carbocycles. The van der Waals surface area contributed by atoms with Crippen molar-refractivity contribution in [2.24, 2.45) is 0 Å². The van der Waals surface area contributed by atoms with Crippen LogP contribution in [0, 0.1) is 0 Å². The fourth-order valence-corrected chi connectivity index (χ4v) is 8.23. The Morgan fingerprint density at radius 3 is 1.36 bits per heavy atom. The molecule has 0 saturated heterocycles. The molecule has 0 aliphatic carbocycles. The first-order valence-electron chi connectivity index (χ1n) is 25.0. The first-order chi connectivity index (χ1) is 28.0. The molecule has 0 fully saturated rings. The number of hydrogen-bond acceptors (Lipinski definition) is 6. The second-order valence-electron chi connectivity index (χ2n) is 18.5. The zero-order chi connectivity index (χ0) is 42.8. The monoisotopic (exact) mass is 843 g/mol. The number of nitrogens with one attached hydrogen (secondary N) is 1. The second kappa shape index (κ2) is 41.6. The molecule has 0 spiro atoms. The predicted molar refractivity (Wildman–Crippen MR) is 247 cm³/mol. The molecule has 0 rings (SSSR count). The van der Waals surface area contributed by atoms with E-state index in [2.05, 4.69) is 31.3 Å². The van der Waals surface area contributed by atoms with E-state index in [9.17, 15) is 19.4 Å². The minimum atomic E-state index is -4.56. The number of nitrogens with zero attached hydrogens (tertiary/aromatic N) is 1. The Morgan fingerprint density at radius 1 is 0.586 bits per heavy atom. The van der Waals surface area contributed by atoms with Gasteiger partial charge in [-0.05, 0) is 38.5 Å². The Morgan fingerprint density at radius 2 is 0.948 bits per heavy atom. The number of hydrogen-bond donors (Lipinski definition) is 2. The van der Waals surface area contributed by atoms with Crippen molar-refractivity contribution in [1.82, 2.24) is 5.32 Å². The Bertz CT molecular complexity index is 958. The summed E-state index contributed by atoms with van der Waals surface area (Å²) in [6.07, 6.45) is 47.9. The minimum absolute atomic E-state index is 0.0134. The minimum Gasteiger partial charge on any atom is -0.756 e. The van der Waals surface area contributed by atoms with Crippen molar-refractivity contribution in [3.05, 3.63) is 12.2 Å². The lowest BCUT2D eigenvalue weighted by molar-refractivity contribution is -0.870. The van der Waals surface area contributed by atoms with Gasteiger partial charge in [0.1, 0.15) is 13.2 Å². The van der Waals surface area contributed by atoms with Gasteiger partial charge in [0.25, 0.3) is 7.82 Å². The van der Waals surface area contributed by atoms with Crippen LogP contribution in [0.1, 0.15) is 245 Å². The fraction of sp³-hybridized carbons (Fsp3) is 0.939. The topological polar surface area (TPSA) is 108 Å². The molecule has 1 amide bonds. The number of quaternary nitrogens is 1. The molecule has 58 heavy (non-hydrogen) atoms. The van der Waals surface area contributed by atoms with E-state index in [4.69, 9.17) is 9.05 Å². The van der Waals surface area contributed by atoms with Gasteiger partial charge in [-0.25, -0.2) is 0 Å². The normalized spacial score (nSPS) is 14.3. The molecule has 0 aromatic carbocycles.